The molecule has 0 spiro atoms. The van der Waals surface area contributed by atoms with Gasteiger partial charge in [0, 0.05) is 0 Å². The molecule has 108 valence electrons. The molecule has 0 rings (SSSR count). The van der Waals surface area contributed by atoms with Crippen molar-refractivity contribution >= 4 is 5.97 Å². The van der Waals surface area contributed by atoms with Crippen LogP contribution in [0, 0.1) is 5.41 Å². The number of aliphatic hydroxyl groups excluding tert-OH is 1. The van der Waals surface area contributed by atoms with Crippen LogP contribution in [-0.4, -0.2) is 50.7 Å². The highest BCUT2D eigenvalue weighted by atomic mass is 16.6. The predicted molar refractivity (Wildman–Crippen MR) is 68.4 cm³/mol. The molecule has 5 nitrogen and oxygen atoms in total. The van der Waals surface area contributed by atoms with Crippen molar-refractivity contribution in [2.24, 2.45) is 5.41 Å². The van der Waals surface area contributed by atoms with Crippen LogP contribution in [0.1, 0.15) is 33.6 Å². The number of aliphatic hydroxyl groups is 1. The Balaban J connectivity index is 3.51. The Kier molecular flexibility index (Phi) is 9.92. The molecule has 0 radical (unpaired) electrons. The van der Waals surface area contributed by atoms with Crippen molar-refractivity contribution in [3.8, 4) is 0 Å². The largest absolute Gasteiger partial charge is 0.463 e. The number of ether oxygens (including phenoxy) is 3. The third-order valence-corrected chi connectivity index (χ3v) is 3.12. The summed E-state index contributed by atoms with van der Waals surface area (Å²) in [5.41, 5.74) is -0.385. The Morgan fingerprint density at radius 3 is 2.00 bits per heavy atom. The second-order valence-corrected chi connectivity index (χ2v) is 4.35. The molecular formula is C13H26O5. The summed E-state index contributed by atoms with van der Waals surface area (Å²) in [5, 5.41) is 8.47. The molecular weight excluding hydrogens is 236 g/mol. The van der Waals surface area contributed by atoms with Gasteiger partial charge in [-0.1, -0.05) is 13.8 Å². The number of hydrogen-bond donors (Lipinski definition) is 1. The van der Waals surface area contributed by atoms with E-state index in [2.05, 4.69) is 0 Å². The van der Waals surface area contributed by atoms with E-state index in [4.69, 9.17) is 19.3 Å². The molecule has 0 amide bonds. The van der Waals surface area contributed by atoms with Gasteiger partial charge in [0.15, 0.2) is 0 Å². The molecule has 0 aromatic carbocycles. The summed E-state index contributed by atoms with van der Waals surface area (Å²) in [4.78, 5) is 11.8. The normalized spacial score (nSPS) is 11.6. The molecule has 1 N–H and O–H groups in total. The summed E-state index contributed by atoms with van der Waals surface area (Å²) >= 11 is 0. The van der Waals surface area contributed by atoms with Crippen molar-refractivity contribution in [1.82, 2.24) is 0 Å². The molecule has 0 aromatic rings. The molecule has 0 unspecified atom stereocenters. The van der Waals surface area contributed by atoms with Crippen molar-refractivity contribution in [3.63, 3.8) is 0 Å². The lowest BCUT2D eigenvalue weighted by molar-refractivity contribution is -0.157. The summed E-state index contributed by atoms with van der Waals surface area (Å²) in [6.07, 6.45) is 1.55. The number of esters is 1. The zero-order chi connectivity index (χ0) is 13.9. The van der Waals surface area contributed by atoms with Gasteiger partial charge < -0.3 is 19.3 Å². The molecule has 0 saturated heterocycles. The fraction of sp³-hybridized carbons (Fsp3) is 0.923. The van der Waals surface area contributed by atoms with Crippen LogP contribution in [0.2, 0.25) is 0 Å². The van der Waals surface area contributed by atoms with Crippen LogP contribution >= 0.6 is 0 Å². The van der Waals surface area contributed by atoms with Crippen LogP contribution in [-0.2, 0) is 19.0 Å². The summed E-state index contributed by atoms with van der Waals surface area (Å²) in [5.74, 6) is -0.160. The second-order valence-electron chi connectivity index (χ2n) is 4.35. The number of hydrogen-bond acceptors (Lipinski definition) is 5. The van der Waals surface area contributed by atoms with E-state index in [0.29, 0.717) is 26.4 Å². The molecule has 0 aromatic heterocycles. The van der Waals surface area contributed by atoms with E-state index in [9.17, 15) is 4.79 Å². The molecule has 5 heteroatoms. The third-order valence-electron chi connectivity index (χ3n) is 3.12. The van der Waals surface area contributed by atoms with Gasteiger partial charge in [-0.3, -0.25) is 4.79 Å². The van der Waals surface area contributed by atoms with Crippen molar-refractivity contribution in [2.45, 2.75) is 33.6 Å². The van der Waals surface area contributed by atoms with Crippen molar-refractivity contribution in [3.05, 3.63) is 0 Å². The van der Waals surface area contributed by atoms with Crippen LogP contribution in [0.4, 0.5) is 0 Å². The summed E-state index contributed by atoms with van der Waals surface area (Å²) in [7, 11) is 0. The van der Waals surface area contributed by atoms with Crippen LogP contribution in [0.25, 0.3) is 0 Å². The van der Waals surface area contributed by atoms with Crippen molar-refractivity contribution in [2.75, 3.05) is 39.6 Å². The van der Waals surface area contributed by atoms with Gasteiger partial charge in [0.25, 0.3) is 0 Å². The zero-order valence-corrected chi connectivity index (χ0v) is 11.7. The average Bonchev–Trinajstić information content (AvgIpc) is 2.40. The summed E-state index contributed by atoms with van der Waals surface area (Å²) < 4.78 is 15.4. The van der Waals surface area contributed by atoms with Gasteiger partial charge in [-0.05, 0) is 19.8 Å². The Bertz CT molecular complexity index is 213. The maximum absolute atomic E-state index is 11.8. The van der Waals surface area contributed by atoms with E-state index in [1.165, 1.54) is 0 Å². The third kappa shape index (κ3) is 6.93. The Labute approximate surface area is 109 Å². The van der Waals surface area contributed by atoms with Gasteiger partial charge >= 0.3 is 5.97 Å². The standard InChI is InChI=1S/C13H26O5/c1-4-13(3,5-2)12(15)18-11-10-17-9-8-16-7-6-14/h14H,4-11H2,1-3H3. The maximum atomic E-state index is 11.8. The Hall–Kier alpha value is -0.650. The summed E-state index contributed by atoms with van der Waals surface area (Å²) in [6, 6.07) is 0. The quantitative estimate of drug-likeness (QED) is 0.450. The number of carbonyl (C=O) groups excluding carboxylic acids is 1. The van der Waals surface area contributed by atoms with Crippen LogP contribution < -0.4 is 0 Å². The maximum Gasteiger partial charge on any atom is 0.311 e. The summed E-state index contributed by atoms with van der Waals surface area (Å²) in [6.45, 7) is 7.76. The SMILES string of the molecule is CCC(C)(CC)C(=O)OCCOCCOCCO. The molecule has 0 atom stereocenters. The highest BCUT2D eigenvalue weighted by Crippen LogP contribution is 2.26. The molecule has 0 aliphatic heterocycles. The minimum Gasteiger partial charge on any atom is -0.463 e. The molecule has 18 heavy (non-hydrogen) atoms. The molecule has 0 bridgehead atoms. The lowest BCUT2D eigenvalue weighted by Gasteiger charge is -2.23. The van der Waals surface area contributed by atoms with Crippen LogP contribution in [0.5, 0.6) is 0 Å². The van der Waals surface area contributed by atoms with Gasteiger partial charge in [-0.25, -0.2) is 0 Å². The monoisotopic (exact) mass is 262 g/mol. The fourth-order valence-electron chi connectivity index (χ4n) is 1.29. The average molecular weight is 262 g/mol. The van der Waals surface area contributed by atoms with E-state index < -0.39 is 0 Å². The first-order valence-electron chi connectivity index (χ1n) is 6.54. The lowest BCUT2D eigenvalue weighted by Crippen LogP contribution is -2.29. The van der Waals surface area contributed by atoms with Crippen molar-refractivity contribution < 1.29 is 24.1 Å². The number of carbonyl (C=O) groups is 1. The van der Waals surface area contributed by atoms with Gasteiger partial charge in [0.05, 0.1) is 38.4 Å². The fourth-order valence-corrected chi connectivity index (χ4v) is 1.29. The topological polar surface area (TPSA) is 65.0 Å². The Morgan fingerprint density at radius 1 is 1.00 bits per heavy atom. The van der Waals surface area contributed by atoms with Crippen molar-refractivity contribution in [1.29, 1.82) is 0 Å². The predicted octanol–water partition coefficient (Wildman–Crippen LogP) is 1.38. The second kappa shape index (κ2) is 10.3. The van der Waals surface area contributed by atoms with Crippen LogP contribution in [0.3, 0.4) is 0 Å². The molecule has 0 saturated carbocycles. The minimum atomic E-state index is -0.385. The highest BCUT2D eigenvalue weighted by Gasteiger charge is 2.30. The first-order valence-corrected chi connectivity index (χ1v) is 6.54. The molecule has 0 aliphatic carbocycles. The zero-order valence-electron chi connectivity index (χ0n) is 11.7. The first-order chi connectivity index (χ1) is 8.60. The van der Waals surface area contributed by atoms with E-state index in [0.717, 1.165) is 12.8 Å². The highest BCUT2D eigenvalue weighted by molar-refractivity contribution is 5.76. The number of rotatable bonds is 11. The van der Waals surface area contributed by atoms with Gasteiger partial charge in [-0.2, -0.15) is 0 Å². The van der Waals surface area contributed by atoms with E-state index in [-0.39, 0.29) is 24.6 Å². The first kappa shape index (κ1) is 17.4. The van der Waals surface area contributed by atoms with E-state index in [1.807, 2.05) is 20.8 Å². The van der Waals surface area contributed by atoms with Gasteiger partial charge in [0.2, 0.25) is 0 Å². The smallest absolute Gasteiger partial charge is 0.311 e. The molecule has 0 heterocycles. The minimum absolute atomic E-state index is 0.0181. The van der Waals surface area contributed by atoms with Gasteiger partial charge in [0.1, 0.15) is 6.61 Å². The lowest BCUT2D eigenvalue weighted by atomic mass is 9.85. The van der Waals surface area contributed by atoms with E-state index >= 15 is 0 Å². The molecule has 0 aliphatic rings. The van der Waals surface area contributed by atoms with E-state index in [1.54, 1.807) is 0 Å². The van der Waals surface area contributed by atoms with Crippen LogP contribution in [0.15, 0.2) is 0 Å². The van der Waals surface area contributed by atoms with Gasteiger partial charge in [-0.15, -0.1) is 0 Å². The Morgan fingerprint density at radius 2 is 1.50 bits per heavy atom. The molecule has 0 fully saturated rings.